The lowest BCUT2D eigenvalue weighted by atomic mass is 9.73. The second-order valence-electron chi connectivity index (χ2n) is 7.12. The number of hydrogen-bond donors (Lipinski definition) is 3. The largest absolute Gasteiger partial charge is 0.398 e. The van der Waals surface area contributed by atoms with E-state index in [1.807, 2.05) is 29.2 Å². The number of anilines is 2. The van der Waals surface area contributed by atoms with Crippen LogP contribution in [0.5, 0.6) is 0 Å². The van der Waals surface area contributed by atoms with Crippen molar-refractivity contribution in [2.75, 3.05) is 23.7 Å². The number of nitrogens with two attached hydrogens (primary N) is 1. The number of aryl methyl sites for hydroxylation is 1. The van der Waals surface area contributed by atoms with Gasteiger partial charge in [-0.3, -0.25) is 0 Å². The van der Waals surface area contributed by atoms with Crippen LogP contribution in [-0.4, -0.2) is 49.1 Å². The molecule has 1 saturated heterocycles. The van der Waals surface area contributed by atoms with Crippen LogP contribution >= 0.6 is 0 Å². The van der Waals surface area contributed by atoms with Crippen molar-refractivity contribution in [3.63, 3.8) is 0 Å². The van der Waals surface area contributed by atoms with E-state index in [1.54, 1.807) is 7.05 Å². The summed E-state index contributed by atoms with van der Waals surface area (Å²) >= 11 is 0. The molecule has 4 rings (SSSR count). The molecule has 146 valence electrons. The van der Waals surface area contributed by atoms with Crippen molar-refractivity contribution in [3.05, 3.63) is 42.0 Å². The van der Waals surface area contributed by atoms with E-state index in [4.69, 9.17) is 5.73 Å². The second kappa shape index (κ2) is 6.84. The van der Waals surface area contributed by atoms with Crippen molar-refractivity contribution in [2.45, 2.75) is 24.5 Å². The highest BCUT2D eigenvalue weighted by Gasteiger charge is 2.38. The normalized spacial score (nSPS) is 16.6. The number of nitrogens with zero attached hydrogens (tertiary/aromatic N) is 5. The number of imidazole rings is 1. The van der Waals surface area contributed by atoms with E-state index in [1.165, 1.54) is 10.9 Å². The Labute approximate surface area is 161 Å². The highest BCUT2D eigenvalue weighted by molar-refractivity contribution is 5.84. The van der Waals surface area contributed by atoms with Crippen molar-refractivity contribution >= 4 is 29.0 Å². The van der Waals surface area contributed by atoms with E-state index < -0.39 is 11.7 Å². The molecule has 0 unspecified atom stereocenters. The molecule has 4 N–H and O–H groups in total. The lowest BCUT2D eigenvalue weighted by Gasteiger charge is -2.39. The maximum Gasteiger partial charge on any atom is 0.212 e. The number of benzene rings is 1. The first-order valence-electron chi connectivity index (χ1n) is 9.06. The Balaban J connectivity index is 1.66. The maximum atomic E-state index is 12.0. The van der Waals surface area contributed by atoms with Gasteiger partial charge in [-0.1, -0.05) is 18.2 Å². The molecule has 9 heteroatoms. The first kappa shape index (κ1) is 18.3. The van der Waals surface area contributed by atoms with E-state index in [0.29, 0.717) is 48.6 Å². The van der Waals surface area contributed by atoms with Crippen LogP contribution in [0.25, 0.3) is 11.2 Å². The van der Waals surface area contributed by atoms with E-state index in [2.05, 4.69) is 15.0 Å². The molecule has 9 nitrogen and oxygen atoms in total. The number of aliphatic hydroxyl groups excluding tert-OH is 1. The fourth-order valence-corrected chi connectivity index (χ4v) is 3.99. The number of nitrogen functional groups attached to an aromatic ring is 1. The highest BCUT2D eigenvalue weighted by Crippen LogP contribution is 2.38. The van der Waals surface area contributed by atoms with Crippen LogP contribution in [0.2, 0.25) is 0 Å². The van der Waals surface area contributed by atoms with Gasteiger partial charge in [-0.25, -0.2) is 15.0 Å². The van der Waals surface area contributed by atoms with Gasteiger partial charge in [0.05, 0.1) is 5.41 Å². The van der Waals surface area contributed by atoms with Crippen molar-refractivity contribution in [1.82, 2.24) is 19.5 Å². The van der Waals surface area contributed by atoms with Gasteiger partial charge >= 0.3 is 0 Å². The average Bonchev–Trinajstić information content (AvgIpc) is 3.06. The van der Waals surface area contributed by atoms with Gasteiger partial charge in [0.25, 0.3) is 0 Å². The molecule has 0 radical (unpaired) electrons. The molecule has 1 fully saturated rings. The highest BCUT2D eigenvalue weighted by atomic mass is 16.5. The zero-order valence-electron chi connectivity index (χ0n) is 15.5. The number of aliphatic hydroxyl groups is 2. The number of hydrogen-bond acceptors (Lipinski definition) is 8. The summed E-state index contributed by atoms with van der Waals surface area (Å²) in [7, 11) is 1.67. The van der Waals surface area contributed by atoms with E-state index in [-0.39, 0.29) is 5.82 Å². The number of aldehydes is 1. The van der Waals surface area contributed by atoms with Crippen LogP contribution in [0.15, 0.2) is 30.6 Å². The van der Waals surface area contributed by atoms with Crippen molar-refractivity contribution in [2.24, 2.45) is 7.05 Å². The number of rotatable bonds is 4. The van der Waals surface area contributed by atoms with Crippen LogP contribution in [0.4, 0.5) is 11.5 Å². The Morgan fingerprint density at radius 3 is 2.57 bits per heavy atom. The summed E-state index contributed by atoms with van der Waals surface area (Å²) in [5.41, 5.74) is 8.02. The van der Waals surface area contributed by atoms with Gasteiger partial charge in [0, 0.05) is 25.8 Å². The molecule has 0 saturated carbocycles. The summed E-state index contributed by atoms with van der Waals surface area (Å²) in [4.78, 5) is 27.0. The Hall–Kier alpha value is -3.04. The third-order valence-electron chi connectivity index (χ3n) is 5.58. The van der Waals surface area contributed by atoms with Crippen LogP contribution in [-0.2, 0) is 17.3 Å². The van der Waals surface area contributed by atoms with Crippen molar-refractivity contribution in [1.29, 1.82) is 0 Å². The average molecular weight is 382 g/mol. The Morgan fingerprint density at radius 1 is 1.21 bits per heavy atom. The third kappa shape index (κ3) is 2.79. The molecule has 1 aromatic carbocycles. The Bertz CT molecular complexity index is 1020. The molecule has 3 heterocycles. The first-order chi connectivity index (χ1) is 13.5. The van der Waals surface area contributed by atoms with Crippen LogP contribution in [0, 0.1) is 0 Å². The lowest BCUT2D eigenvalue weighted by Crippen LogP contribution is -2.44. The Kier molecular flexibility index (Phi) is 4.48. The number of aromatic nitrogens is 4. The molecule has 3 aromatic rings. The molecule has 28 heavy (non-hydrogen) atoms. The fourth-order valence-electron chi connectivity index (χ4n) is 3.99. The predicted molar refractivity (Wildman–Crippen MR) is 104 cm³/mol. The molecule has 1 aliphatic heterocycles. The van der Waals surface area contributed by atoms with Crippen LogP contribution < -0.4 is 10.6 Å². The molecular formula is C19H22N6O3. The minimum absolute atomic E-state index is 0.105. The predicted octanol–water partition coefficient (Wildman–Crippen LogP) is 0.666. The van der Waals surface area contributed by atoms with Crippen LogP contribution in [0.1, 0.15) is 30.5 Å². The van der Waals surface area contributed by atoms with Gasteiger partial charge in [0.15, 0.2) is 22.8 Å². The molecule has 0 aliphatic carbocycles. The number of carbonyl (C=O) groups is 1. The second-order valence-corrected chi connectivity index (χ2v) is 7.12. The van der Waals surface area contributed by atoms with E-state index in [0.717, 1.165) is 11.8 Å². The molecule has 0 amide bonds. The lowest BCUT2D eigenvalue weighted by molar-refractivity contribution is -0.113. The van der Waals surface area contributed by atoms with Gasteiger partial charge in [0.2, 0.25) is 6.29 Å². The topological polar surface area (TPSA) is 130 Å². The summed E-state index contributed by atoms with van der Waals surface area (Å²) in [6, 6.07) is 7.48. The van der Waals surface area contributed by atoms with Crippen molar-refractivity contribution < 1.29 is 15.0 Å². The van der Waals surface area contributed by atoms with Gasteiger partial charge in [-0.2, -0.15) is 0 Å². The Morgan fingerprint density at radius 2 is 1.93 bits per heavy atom. The summed E-state index contributed by atoms with van der Waals surface area (Å²) in [6.07, 6.45) is 1.94. The van der Waals surface area contributed by atoms with Crippen molar-refractivity contribution in [3.8, 4) is 0 Å². The molecular weight excluding hydrogens is 360 g/mol. The number of fused-ring (bicyclic) bond motifs is 1. The van der Waals surface area contributed by atoms with Crippen LogP contribution in [0.3, 0.4) is 0 Å². The summed E-state index contributed by atoms with van der Waals surface area (Å²) in [6.45, 7) is 1.18. The first-order valence-corrected chi connectivity index (χ1v) is 9.06. The maximum absolute atomic E-state index is 12.0. The third-order valence-corrected chi connectivity index (χ3v) is 5.58. The minimum atomic E-state index is -1.70. The quantitative estimate of drug-likeness (QED) is 0.341. The van der Waals surface area contributed by atoms with E-state index in [9.17, 15) is 15.0 Å². The van der Waals surface area contributed by atoms with E-state index >= 15 is 0 Å². The SMILES string of the molecule is Cn1c(C(O)O)nc2c(N3CCC(C=O)(c4ccccc4N)CC3)ncnc21. The summed E-state index contributed by atoms with van der Waals surface area (Å²) in [5, 5.41) is 19.0. The standard InChI is InChI=1S/C19H22N6O3/c1-24-15-14(23-17(24)18(27)28)16(22-11-21-15)25-8-6-19(10-26,7-9-25)12-4-2-3-5-13(12)20/h2-5,10-11,18,27-28H,6-9,20H2,1H3. The molecule has 0 atom stereocenters. The number of carbonyl (C=O) groups excluding carboxylic acids is 1. The fraction of sp³-hybridized carbons (Fsp3) is 0.368. The molecule has 2 aromatic heterocycles. The van der Waals surface area contributed by atoms with Gasteiger partial charge in [-0.05, 0) is 24.5 Å². The number of para-hydroxylation sites is 1. The minimum Gasteiger partial charge on any atom is -0.398 e. The summed E-state index contributed by atoms with van der Waals surface area (Å²) < 4.78 is 1.54. The molecule has 0 bridgehead atoms. The summed E-state index contributed by atoms with van der Waals surface area (Å²) in [5.74, 6) is 0.723. The van der Waals surface area contributed by atoms with Gasteiger partial charge < -0.3 is 30.2 Å². The molecule has 0 spiro atoms. The number of piperidine rings is 1. The van der Waals surface area contributed by atoms with Gasteiger partial charge in [-0.15, -0.1) is 0 Å². The molecule has 1 aliphatic rings. The smallest absolute Gasteiger partial charge is 0.212 e. The zero-order valence-corrected chi connectivity index (χ0v) is 15.5. The van der Waals surface area contributed by atoms with Gasteiger partial charge in [0.1, 0.15) is 12.6 Å². The monoisotopic (exact) mass is 382 g/mol. The zero-order chi connectivity index (χ0) is 19.9.